The maximum atomic E-state index is 12.9. The summed E-state index contributed by atoms with van der Waals surface area (Å²) in [7, 11) is 0. The monoisotopic (exact) mass is 484 g/mol. The van der Waals surface area contributed by atoms with Crippen molar-refractivity contribution in [2.75, 3.05) is 13.1 Å². The number of hydrogen-bond acceptors (Lipinski definition) is 2. The van der Waals surface area contributed by atoms with Gasteiger partial charge >= 0.3 is 6.18 Å². The zero-order chi connectivity index (χ0) is 19.5. The summed E-state index contributed by atoms with van der Waals surface area (Å²) < 4.78 is 38.8. The Balaban J connectivity index is 1.64. The second kappa shape index (κ2) is 8.19. The largest absolute Gasteiger partial charge is 0.416 e. The van der Waals surface area contributed by atoms with Crippen molar-refractivity contribution >= 4 is 22.6 Å². The van der Waals surface area contributed by atoms with E-state index in [1.165, 1.54) is 12.1 Å². The predicted molar refractivity (Wildman–Crippen MR) is 108 cm³/mol. The molecule has 1 heterocycles. The van der Waals surface area contributed by atoms with Crippen molar-refractivity contribution in [3.05, 3.63) is 59.7 Å². The van der Waals surface area contributed by atoms with Crippen LogP contribution in [0.3, 0.4) is 0 Å². The van der Waals surface area contributed by atoms with Crippen LogP contribution in [0, 0.1) is 11.3 Å². The van der Waals surface area contributed by atoms with Gasteiger partial charge in [-0.1, -0.05) is 59.0 Å². The molecule has 1 aliphatic rings. The van der Waals surface area contributed by atoms with Crippen molar-refractivity contribution in [2.24, 2.45) is 0 Å². The third-order valence-electron chi connectivity index (χ3n) is 5.03. The number of nitriles is 1. The Bertz CT molecular complexity index is 817. The molecule has 0 saturated carbocycles. The van der Waals surface area contributed by atoms with Crippen molar-refractivity contribution in [3.63, 3.8) is 0 Å². The van der Waals surface area contributed by atoms with Gasteiger partial charge in [-0.25, -0.2) is 0 Å². The SMILES string of the molecule is N#CCC1(I)CCN(Cc2ccc(-c3cccc(C(F)(F)F)c3)cc2)CC1. The van der Waals surface area contributed by atoms with E-state index in [4.69, 9.17) is 5.26 Å². The molecule has 2 nitrogen and oxygen atoms in total. The second-order valence-electron chi connectivity index (χ2n) is 7.04. The van der Waals surface area contributed by atoms with Crippen LogP contribution in [0.5, 0.6) is 0 Å². The maximum absolute atomic E-state index is 12.9. The van der Waals surface area contributed by atoms with Crippen LogP contribution in [0.25, 0.3) is 11.1 Å². The van der Waals surface area contributed by atoms with Gasteiger partial charge in [0.05, 0.1) is 11.6 Å². The lowest BCUT2D eigenvalue weighted by molar-refractivity contribution is -0.137. The fraction of sp³-hybridized carbons (Fsp3) is 0.381. The summed E-state index contributed by atoms with van der Waals surface area (Å²) >= 11 is 2.42. The average Bonchev–Trinajstić information content (AvgIpc) is 2.64. The number of halogens is 4. The van der Waals surface area contributed by atoms with Gasteiger partial charge in [-0.2, -0.15) is 18.4 Å². The minimum atomic E-state index is -4.33. The molecule has 0 N–H and O–H groups in total. The van der Waals surface area contributed by atoms with E-state index in [1.807, 2.05) is 24.3 Å². The van der Waals surface area contributed by atoms with Crippen LogP contribution in [-0.4, -0.2) is 21.4 Å². The Morgan fingerprint density at radius 2 is 1.70 bits per heavy atom. The predicted octanol–water partition coefficient (Wildman–Crippen LogP) is 6.06. The van der Waals surface area contributed by atoms with E-state index in [0.29, 0.717) is 12.0 Å². The topological polar surface area (TPSA) is 27.0 Å². The summed E-state index contributed by atoms with van der Waals surface area (Å²) in [5.74, 6) is 0. The number of likely N-dealkylation sites (tertiary alicyclic amines) is 1. The molecular formula is C21H20F3IN2. The minimum absolute atomic E-state index is 0.0936. The first-order valence-electron chi connectivity index (χ1n) is 8.84. The fourth-order valence-electron chi connectivity index (χ4n) is 3.37. The standard InChI is InChI=1S/C21H20F3IN2/c22-21(23,24)19-3-1-2-18(14-19)17-6-4-16(5-7-17)15-27-12-9-20(25,8-11-26)10-13-27/h1-7,14H,8-10,12-13,15H2. The second-order valence-corrected chi connectivity index (χ2v) is 9.33. The Morgan fingerprint density at radius 3 is 2.30 bits per heavy atom. The molecule has 2 aromatic carbocycles. The molecule has 0 aliphatic carbocycles. The van der Waals surface area contributed by atoms with E-state index in [1.54, 1.807) is 6.07 Å². The third kappa shape index (κ3) is 5.23. The van der Waals surface area contributed by atoms with E-state index >= 15 is 0 Å². The highest BCUT2D eigenvalue weighted by atomic mass is 127. The van der Waals surface area contributed by atoms with E-state index in [9.17, 15) is 13.2 Å². The molecule has 1 saturated heterocycles. The summed E-state index contributed by atoms with van der Waals surface area (Å²) in [6.07, 6.45) is -1.73. The number of alkyl halides is 4. The molecule has 142 valence electrons. The molecule has 0 amide bonds. The van der Waals surface area contributed by atoms with Gasteiger partial charge in [0.1, 0.15) is 0 Å². The first-order valence-corrected chi connectivity index (χ1v) is 9.92. The highest BCUT2D eigenvalue weighted by molar-refractivity contribution is 14.1. The quantitative estimate of drug-likeness (QED) is 0.390. The number of rotatable bonds is 4. The van der Waals surface area contributed by atoms with E-state index in [2.05, 4.69) is 33.6 Å². The Labute approximate surface area is 171 Å². The lowest BCUT2D eigenvalue weighted by Gasteiger charge is -2.36. The highest BCUT2D eigenvalue weighted by Crippen LogP contribution is 2.35. The molecule has 2 aromatic rings. The summed E-state index contributed by atoms with van der Waals surface area (Å²) in [5.41, 5.74) is 1.87. The van der Waals surface area contributed by atoms with Gasteiger partial charge in [-0.15, -0.1) is 0 Å². The van der Waals surface area contributed by atoms with Gasteiger partial charge in [-0.05, 0) is 54.8 Å². The number of benzene rings is 2. The average molecular weight is 484 g/mol. The molecule has 0 radical (unpaired) electrons. The molecule has 0 aromatic heterocycles. The zero-order valence-corrected chi connectivity index (χ0v) is 16.9. The van der Waals surface area contributed by atoms with Gasteiger partial charge in [0.25, 0.3) is 0 Å². The highest BCUT2D eigenvalue weighted by Gasteiger charge is 2.32. The van der Waals surface area contributed by atoms with Crippen LogP contribution in [0.2, 0.25) is 0 Å². The van der Waals surface area contributed by atoms with Gasteiger partial charge < -0.3 is 0 Å². The van der Waals surface area contributed by atoms with Crippen LogP contribution < -0.4 is 0 Å². The zero-order valence-electron chi connectivity index (χ0n) is 14.8. The van der Waals surface area contributed by atoms with Crippen LogP contribution in [0.4, 0.5) is 13.2 Å². The van der Waals surface area contributed by atoms with E-state index < -0.39 is 11.7 Å². The van der Waals surface area contributed by atoms with Crippen molar-refractivity contribution < 1.29 is 13.2 Å². The van der Waals surface area contributed by atoms with Gasteiger partial charge in [0.2, 0.25) is 0 Å². The first kappa shape index (κ1) is 20.2. The summed E-state index contributed by atoms with van der Waals surface area (Å²) in [5, 5.41) is 8.94. The van der Waals surface area contributed by atoms with Gasteiger partial charge in [0, 0.05) is 16.4 Å². The van der Waals surface area contributed by atoms with Crippen LogP contribution in [0.15, 0.2) is 48.5 Å². The van der Waals surface area contributed by atoms with Crippen molar-refractivity contribution in [1.82, 2.24) is 4.90 Å². The lowest BCUT2D eigenvalue weighted by atomic mass is 9.93. The first-order chi connectivity index (χ1) is 12.8. The Kier molecular flexibility index (Phi) is 6.11. The number of nitrogens with zero attached hydrogens (tertiary/aromatic N) is 2. The van der Waals surface area contributed by atoms with Gasteiger partial charge in [-0.3, -0.25) is 4.90 Å². The Hall–Kier alpha value is -1.59. The van der Waals surface area contributed by atoms with Crippen molar-refractivity contribution in [2.45, 2.75) is 35.4 Å². The molecule has 3 rings (SSSR count). The Morgan fingerprint density at radius 1 is 1.04 bits per heavy atom. The van der Waals surface area contributed by atoms with Gasteiger partial charge in [0.15, 0.2) is 0 Å². The molecular weight excluding hydrogens is 464 g/mol. The van der Waals surface area contributed by atoms with Crippen LogP contribution in [-0.2, 0) is 12.7 Å². The third-order valence-corrected chi connectivity index (χ3v) is 6.49. The lowest BCUT2D eigenvalue weighted by Crippen LogP contribution is -2.40. The summed E-state index contributed by atoms with van der Waals surface area (Å²) in [4.78, 5) is 2.37. The maximum Gasteiger partial charge on any atom is 0.416 e. The van der Waals surface area contributed by atoms with Crippen molar-refractivity contribution in [1.29, 1.82) is 5.26 Å². The molecule has 0 atom stereocenters. The molecule has 0 unspecified atom stereocenters. The smallest absolute Gasteiger partial charge is 0.299 e. The molecule has 0 bridgehead atoms. The summed E-state index contributed by atoms with van der Waals surface area (Å²) in [6, 6.07) is 15.4. The molecule has 0 spiro atoms. The van der Waals surface area contributed by atoms with E-state index in [-0.39, 0.29) is 3.42 Å². The van der Waals surface area contributed by atoms with E-state index in [0.717, 1.165) is 49.7 Å². The molecule has 6 heteroatoms. The normalized spacial score (nSPS) is 17.4. The van der Waals surface area contributed by atoms with Crippen molar-refractivity contribution in [3.8, 4) is 17.2 Å². The van der Waals surface area contributed by atoms with Crippen LogP contribution >= 0.6 is 22.6 Å². The molecule has 1 fully saturated rings. The number of hydrogen-bond donors (Lipinski definition) is 0. The minimum Gasteiger partial charge on any atom is -0.299 e. The molecule has 1 aliphatic heterocycles. The summed E-state index contributed by atoms with van der Waals surface area (Å²) in [6.45, 7) is 2.74. The van der Waals surface area contributed by atoms with Crippen LogP contribution in [0.1, 0.15) is 30.4 Å². The number of piperidine rings is 1. The fourth-order valence-corrected chi connectivity index (χ4v) is 4.02. The molecule has 27 heavy (non-hydrogen) atoms.